The Labute approximate surface area is 216 Å². The Morgan fingerprint density at radius 3 is 2.24 bits per heavy atom. The quantitative estimate of drug-likeness (QED) is 0.246. The smallest absolute Gasteiger partial charge is 0.306 e. The number of phenolic OH excluding ortho intramolecular Hbond substituents is 2. The molecular weight excluding hydrogens is 474 g/mol. The van der Waals surface area contributed by atoms with Crippen molar-refractivity contribution in [3.05, 3.63) is 53.1 Å². The number of aliphatic carboxylic acids is 1. The molecule has 1 saturated heterocycles. The molecule has 2 aromatic carbocycles. The number of hydrogen-bond donors (Lipinski definition) is 6. The van der Waals surface area contributed by atoms with Crippen LogP contribution in [0.25, 0.3) is 0 Å². The number of benzene rings is 2. The maximum atomic E-state index is 12.6. The van der Waals surface area contributed by atoms with Crippen molar-refractivity contribution in [2.75, 3.05) is 24.5 Å². The maximum absolute atomic E-state index is 12.6. The second kappa shape index (κ2) is 11.9. The third-order valence-corrected chi connectivity index (χ3v) is 6.56. The first-order valence-corrected chi connectivity index (χ1v) is 12.4. The van der Waals surface area contributed by atoms with Crippen LogP contribution in [0, 0.1) is 16.7 Å². The summed E-state index contributed by atoms with van der Waals surface area (Å²) in [5.74, 6) is -2.98. The van der Waals surface area contributed by atoms with Gasteiger partial charge in [-0.05, 0) is 68.1 Å². The third-order valence-electron chi connectivity index (χ3n) is 6.56. The summed E-state index contributed by atoms with van der Waals surface area (Å²) in [4.78, 5) is 27.1. The zero-order valence-electron chi connectivity index (χ0n) is 21.4. The number of hydrogen-bond acceptors (Lipinski definition) is 7. The molecule has 2 aromatic rings. The van der Waals surface area contributed by atoms with E-state index in [0.717, 1.165) is 10.5 Å². The lowest BCUT2D eigenvalue weighted by atomic mass is 9.97. The minimum absolute atomic E-state index is 0.0803. The van der Waals surface area contributed by atoms with Gasteiger partial charge in [-0.25, -0.2) is 0 Å². The lowest BCUT2D eigenvalue weighted by Gasteiger charge is -2.30. The molecular formula is C27H35N5O5. The number of anilines is 1. The number of carboxylic acid groups (broad SMARTS) is 1. The highest BCUT2D eigenvalue weighted by Gasteiger charge is 2.28. The standard InChI is InChI=1S/C27H35N5O5/c1-4-30-26(35)25(29)32(24(28)21-13-20(16(2)3)22(33)14-23(21)34)19-7-5-17(6-8-19)15-31-11-9-18(10-12-31)27(36)37/h5-8,13-14,16,18,28-29,33-34H,4,9-12,15H2,1-3H3,(H,30,35)(H,36,37). The molecule has 6 N–H and O–H groups in total. The lowest BCUT2D eigenvalue weighted by Crippen LogP contribution is -2.46. The van der Waals surface area contributed by atoms with Crippen LogP contribution >= 0.6 is 0 Å². The molecule has 0 bridgehead atoms. The number of aromatic hydroxyl groups is 2. The van der Waals surface area contributed by atoms with Gasteiger partial charge in [0.25, 0.3) is 5.91 Å². The average Bonchev–Trinajstić information content (AvgIpc) is 2.85. The van der Waals surface area contributed by atoms with Crippen LogP contribution in [0.1, 0.15) is 56.2 Å². The minimum atomic E-state index is -0.749. The number of phenols is 2. The number of amidine groups is 2. The fourth-order valence-electron chi connectivity index (χ4n) is 4.43. The number of nitrogens with zero attached hydrogens (tertiary/aromatic N) is 2. The predicted octanol–water partition coefficient (Wildman–Crippen LogP) is 3.46. The number of likely N-dealkylation sites (N-methyl/N-ethyl adjacent to an activating group) is 1. The molecule has 0 aliphatic carbocycles. The van der Waals surface area contributed by atoms with Crippen LogP contribution in [0.5, 0.6) is 11.5 Å². The van der Waals surface area contributed by atoms with E-state index in [9.17, 15) is 24.9 Å². The number of rotatable bonds is 7. The number of carbonyl (C=O) groups excluding carboxylic acids is 1. The van der Waals surface area contributed by atoms with Gasteiger partial charge in [-0.1, -0.05) is 26.0 Å². The molecule has 0 saturated carbocycles. The number of likely N-dealkylation sites (tertiary alicyclic amines) is 1. The molecule has 1 aliphatic rings. The summed E-state index contributed by atoms with van der Waals surface area (Å²) in [5.41, 5.74) is 1.99. The number of piperidine rings is 1. The minimum Gasteiger partial charge on any atom is -0.508 e. The second-order valence-electron chi connectivity index (χ2n) is 9.53. The summed E-state index contributed by atoms with van der Waals surface area (Å²) in [6.07, 6.45) is 1.22. The second-order valence-corrected chi connectivity index (χ2v) is 9.53. The predicted molar refractivity (Wildman–Crippen MR) is 142 cm³/mol. The van der Waals surface area contributed by atoms with Crippen LogP contribution in [-0.4, -0.2) is 63.4 Å². The Hall–Kier alpha value is -3.92. The van der Waals surface area contributed by atoms with E-state index in [1.807, 2.05) is 26.0 Å². The van der Waals surface area contributed by atoms with Crippen molar-refractivity contribution in [1.82, 2.24) is 10.2 Å². The Morgan fingerprint density at radius 2 is 1.70 bits per heavy atom. The van der Waals surface area contributed by atoms with E-state index in [4.69, 9.17) is 10.8 Å². The highest BCUT2D eigenvalue weighted by molar-refractivity contribution is 6.48. The van der Waals surface area contributed by atoms with Gasteiger partial charge in [0.1, 0.15) is 17.3 Å². The SMILES string of the molecule is CCNC(=O)C(=N)N(C(=N)c1cc(C(C)C)c(O)cc1O)c1ccc(CN2CCC(C(=O)O)CC2)cc1. The molecule has 0 atom stereocenters. The molecule has 0 radical (unpaired) electrons. The van der Waals surface area contributed by atoms with Gasteiger partial charge < -0.3 is 20.6 Å². The topological polar surface area (TPSA) is 161 Å². The van der Waals surface area contributed by atoms with E-state index in [-0.39, 0.29) is 34.7 Å². The highest BCUT2D eigenvalue weighted by atomic mass is 16.4. The number of amides is 1. The van der Waals surface area contributed by atoms with Crippen molar-refractivity contribution in [1.29, 1.82) is 10.8 Å². The number of carbonyl (C=O) groups is 2. The number of nitrogens with one attached hydrogen (secondary N) is 3. The molecule has 0 aromatic heterocycles. The van der Waals surface area contributed by atoms with Gasteiger partial charge in [0.05, 0.1) is 11.5 Å². The largest absolute Gasteiger partial charge is 0.508 e. The summed E-state index contributed by atoms with van der Waals surface area (Å²) >= 11 is 0. The molecule has 1 heterocycles. The van der Waals surface area contributed by atoms with Crippen molar-refractivity contribution in [2.24, 2.45) is 5.92 Å². The van der Waals surface area contributed by atoms with Gasteiger partial charge in [0, 0.05) is 24.8 Å². The fourth-order valence-corrected chi connectivity index (χ4v) is 4.43. The van der Waals surface area contributed by atoms with Crippen molar-refractivity contribution in [3.8, 4) is 11.5 Å². The zero-order chi connectivity index (χ0) is 27.3. The van der Waals surface area contributed by atoms with Crippen LogP contribution < -0.4 is 10.2 Å². The molecule has 10 heteroatoms. The van der Waals surface area contributed by atoms with Crippen molar-refractivity contribution >= 4 is 29.2 Å². The monoisotopic (exact) mass is 509 g/mol. The summed E-state index contributed by atoms with van der Waals surface area (Å²) in [5, 5.41) is 49.9. The summed E-state index contributed by atoms with van der Waals surface area (Å²) in [7, 11) is 0. The van der Waals surface area contributed by atoms with E-state index >= 15 is 0 Å². The van der Waals surface area contributed by atoms with Gasteiger partial charge in [0.2, 0.25) is 0 Å². The van der Waals surface area contributed by atoms with Crippen molar-refractivity contribution in [2.45, 2.75) is 46.1 Å². The molecule has 3 rings (SSSR count). The van der Waals surface area contributed by atoms with E-state index in [1.54, 1.807) is 19.1 Å². The Morgan fingerprint density at radius 1 is 1.08 bits per heavy atom. The highest BCUT2D eigenvalue weighted by Crippen LogP contribution is 2.34. The van der Waals surface area contributed by atoms with Gasteiger partial charge in [-0.3, -0.25) is 30.2 Å². The molecule has 1 amide bonds. The van der Waals surface area contributed by atoms with Crippen molar-refractivity contribution in [3.63, 3.8) is 0 Å². The van der Waals surface area contributed by atoms with Crippen LogP contribution in [0.15, 0.2) is 36.4 Å². The lowest BCUT2D eigenvalue weighted by molar-refractivity contribution is -0.143. The molecule has 10 nitrogen and oxygen atoms in total. The first-order valence-electron chi connectivity index (χ1n) is 12.4. The zero-order valence-corrected chi connectivity index (χ0v) is 21.4. The third kappa shape index (κ3) is 6.45. The molecule has 1 aliphatic heterocycles. The average molecular weight is 510 g/mol. The summed E-state index contributed by atoms with van der Waals surface area (Å²) < 4.78 is 0. The van der Waals surface area contributed by atoms with E-state index < -0.39 is 17.7 Å². The molecule has 0 spiro atoms. The number of carboxylic acids is 1. The van der Waals surface area contributed by atoms with Crippen LogP contribution in [-0.2, 0) is 16.1 Å². The fraction of sp³-hybridized carbons (Fsp3) is 0.407. The van der Waals surface area contributed by atoms with Crippen LogP contribution in [0.2, 0.25) is 0 Å². The Bertz CT molecular complexity index is 1170. The molecule has 37 heavy (non-hydrogen) atoms. The molecule has 0 unspecified atom stereocenters. The maximum Gasteiger partial charge on any atom is 0.306 e. The summed E-state index contributed by atoms with van der Waals surface area (Å²) in [6.45, 7) is 7.80. The van der Waals surface area contributed by atoms with Crippen LogP contribution in [0.4, 0.5) is 5.69 Å². The van der Waals surface area contributed by atoms with Gasteiger partial charge in [0.15, 0.2) is 5.84 Å². The van der Waals surface area contributed by atoms with Crippen LogP contribution in [0.3, 0.4) is 0 Å². The Balaban J connectivity index is 1.89. The summed E-state index contributed by atoms with van der Waals surface area (Å²) in [6, 6.07) is 9.79. The van der Waals surface area contributed by atoms with E-state index in [1.165, 1.54) is 12.1 Å². The Kier molecular flexibility index (Phi) is 8.88. The molecule has 1 fully saturated rings. The molecule has 198 valence electrons. The normalized spacial score (nSPS) is 14.4. The van der Waals surface area contributed by atoms with E-state index in [2.05, 4.69) is 10.2 Å². The first-order chi connectivity index (χ1) is 17.5. The van der Waals surface area contributed by atoms with Gasteiger partial charge in [-0.2, -0.15) is 0 Å². The van der Waals surface area contributed by atoms with E-state index in [0.29, 0.717) is 50.3 Å². The first kappa shape index (κ1) is 27.7. The van der Waals surface area contributed by atoms with Gasteiger partial charge >= 0.3 is 5.97 Å². The van der Waals surface area contributed by atoms with Gasteiger partial charge in [-0.15, -0.1) is 0 Å². The van der Waals surface area contributed by atoms with Crippen molar-refractivity contribution < 1.29 is 24.9 Å².